The van der Waals surface area contributed by atoms with Crippen LogP contribution in [-0.2, 0) is 14.8 Å². The number of ether oxygens (including phenoxy) is 1. The Kier molecular flexibility index (Phi) is 5.96. The van der Waals surface area contributed by atoms with Gasteiger partial charge in [0.2, 0.25) is 10.0 Å². The van der Waals surface area contributed by atoms with E-state index in [4.69, 9.17) is 4.74 Å². The van der Waals surface area contributed by atoms with Gasteiger partial charge in [-0.3, -0.25) is 4.79 Å². The van der Waals surface area contributed by atoms with Crippen LogP contribution in [0.1, 0.15) is 33.9 Å². The summed E-state index contributed by atoms with van der Waals surface area (Å²) in [4.78, 5) is 14.3. The van der Waals surface area contributed by atoms with Crippen molar-refractivity contribution in [1.29, 1.82) is 0 Å². The molecule has 0 saturated carbocycles. The van der Waals surface area contributed by atoms with Gasteiger partial charge in [-0.05, 0) is 42.7 Å². The Morgan fingerprint density at radius 1 is 1.17 bits per heavy atom. The van der Waals surface area contributed by atoms with Crippen LogP contribution >= 0.6 is 11.8 Å². The van der Waals surface area contributed by atoms with E-state index >= 15 is 0 Å². The zero-order valence-electron chi connectivity index (χ0n) is 16.3. The molecule has 2 aromatic rings. The van der Waals surface area contributed by atoms with Crippen molar-refractivity contribution in [2.45, 2.75) is 29.2 Å². The van der Waals surface area contributed by atoms with Gasteiger partial charge >= 0.3 is 0 Å². The predicted molar refractivity (Wildman–Crippen MR) is 113 cm³/mol. The van der Waals surface area contributed by atoms with Crippen molar-refractivity contribution in [3.8, 4) is 0 Å². The fourth-order valence-electron chi connectivity index (χ4n) is 3.68. The first kappa shape index (κ1) is 20.4. The van der Waals surface area contributed by atoms with E-state index in [1.807, 2.05) is 18.2 Å². The number of thioether (sulfide) groups is 1. The van der Waals surface area contributed by atoms with Crippen molar-refractivity contribution in [3.05, 3.63) is 59.2 Å². The highest BCUT2D eigenvalue weighted by Gasteiger charge is 2.29. The number of rotatable bonds is 4. The Labute approximate surface area is 175 Å². The van der Waals surface area contributed by atoms with Crippen LogP contribution in [-0.4, -0.2) is 50.7 Å². The third-order valence-corrected chi connectivity index (χ3v) is 8.47. The molecule has 1 atom stereocenters. The molecule has 1 fully saturated rings. The van der Waals surface area contributed by atoms with Crippen LogP contribution in [0, 0.1) is 6.92 Å². The highest BCUT2D eigenvalue weighted by Crippen LogP contribution is 2.36. The highest BCUT2D eigenvalue weighted by atomic mass is 32.2. The van der Waals surface area contributed by atoms with Crippen molar-refractivity contribution in [2.75, 3.05) is 32.1 Å². The summed E-state index contributed by atoms with van der Waals surface area (Å²) in [6.07, 6.45) is 0.845. The largest absolute Gasteiger partial charge is 0.379 e. The fraction of sp³-hybridized carbons (Fsp3) is 0.381. The Balaban J connectivity index is 1.58. The van der Waals surface area contributed by atoms with Crippen molar-refractivity contribution < 1.29 is 17.9 Å². The van der Waals surface area contributed by atoms with Crippen LogP contribution in [0.25, 0.3) is 0 Å². The van der Waals surface area contributed by atoms with Gasteiger partial charge in [0.1, 0.15) is 0 Å². The molecule has 29 heavy (non-hydrogen) atoms. The zero-order valence-corrected chi connectivity index (χ0v) is 17.9. The summed E-state index contributed by atoms with van der Waals surface area (Å²) in [6.45, 7) is 3.18. The second-order valence-corrected chi connectivity index (χ2v) is 10.2. The first-order chi connectivity index (χ1) is 14.0. The SMILES string of the molecule is Cc1ccc(C(=O)NC2CCSc3ccccc32)cc1S(=O)(=O)N1CCOCC1. The number of nitrogens with zero attached hydrogens (tertiary/aromatic N) is 1. The molecule has 1 N–H and O–H groups in total. The molecule has 2 aliphatic rings. The van der Waals surface area contributed by atoms with Gasteiger partial charge in [-0.25, -0.2) is 8.42 Å². The number of benzene rings is 2. The molecular formula is C21H24N2O4S2. The van der Waals surface area contributed by atoms with Crippen molar-refractivity contribution in [3.63, 3.8) is 0 Å². The normalized spacial score (nSPS) is 20.1. The molecule has 154 valence electrons. The Morgan fingerprint density at radius 3 is 2.72 bits per heavy atom. The molecule has 2 aliphatic heterocycles. The predicted octanol–water partition coefficient (Wildman–Crippen LogP) is 2.98. The van der Waals surface area contributed by atoms with Gasteiger partial charge in [0, 0.05) is 29.3 Å². The summed E-state index contributed by atoms with van der Waals surface area (Å²) < 4.78 is 32.8. The van der Waals surface area contributed by atoms with E-state index in [1.165, 1.54) is 15.3 Å². The van der Waals surface area contributed by atoms with E-state index in [-0.39, 0.29) is 16.8 Å². The summed E-state index contributed by atoms with van der Waals surface area (Å²) in [5, 5.41) is 3.09. The third kappa shape index (κ3) is 4.21. The molecule has 2 aromatic carbocycles. The van der Waals surface area contributed by atoms with Crippen LogP contribution in [0.3, 0.4) is 0 Å². The van der Waals surface area contributed by atoms with Crippen molar-refractivity contribution in [1.82, 2.24) is 9.62 Å². The topological polar surface area (TPSA) is 75.7 Å². The minimum atomic E-state index is -3.66. The number of aryl methyl sites for hydroxylation is 1. The van der Waals surface area contributed by atoms with E-state index in [2.05, 4.69) is 11.4 Å². The number of carbonyl (C=O) groups excluding carboxylic acids is 1. The maximum atomic E-state index is 13.1. The van der Waals surface area contributed by atoms with Gasteiger partial charge in [-0.15, -0.1) is 11.8 Å². The summed E-state index contributed by atoms with van der Waals surface area (Å²) in [7, 11) is -3.66. The second-order valence-electron chi connectivity index (χ2n) is 7.20. The quantitative estimate of drug-likeness (QED) is 0.804. The molecular weight excluding hydrogens is 408 g/mol. The van der Waals surface area contributed by atoms with E-state index in [0.717, 1.165) is 17.7 Å². The van der Waals surface area contributed by atoms with Gasteiger partial charge in [0.15, 0.2) is 0 Å². The monoisotopic (exact) mass is 432 g/mol. The third-order valence-electron chi connectivity index (χ3n) is 5.30. The Hall–Kier alpha value is -1.87. The second kappa shape index (κ2) is 8.47. The van der Waals surface area contributed by atoms with Crippen molar-refractivity contribution in [2.24, 2.45) is 0 Å². The van der Waals surface area contributed by atoms with Gasteiger partial charge in [0.25, 0.3) is 5.91 Å². The standard InChI is InChI=1S/C21H24N2O4S2/c1-15-6-7-16(14-20(15)29(25,26)23-9-11-27-12-10-23)21(24)22-18-8-13-28-19-5-3-2-4-17(18)19/h2-7,14,18H,8-13H2,1H3,(H,22,24). The van der Waals surface area contributed by atoms with E-state index in [0.29, 0.717) is 37.4 Å². The number of carbonyl (C=O) groups is 1. The molecule has 0 radical (unpaired) electrons. The van der Waals surface area contributed by atoms with Crippen LogP contribution in [0.4, 0.5) is 0 Å². The van der Waals surface area contributed by atoms with Gasteiger partial charge in [0.05, 0.1) is 24.2 Å². The lowest BCUT2D eigenvalue weighted by atomic mass is 10.0. The lowest BCUT2D eigenvalue weighted by Crippen LogP contribution is -2.41. The molecule has 0 bridgehead atoms. The van der Waals surface area contributed by atoms with Crippen molar-refractivity contribution >= 4 is 27.7 Å². The number of sulfonamides is 1. The molecule has 0 spiro atoms. The number of nitrogens with one attached hydrogen (secondary N) is 1. The number of hydrogen-bond acceptors (Lipinski definition) is 5. The maximum absolute atomic E-state index is 13.1. The molecule has 6 nitrogen and oxygen atoms in total. The average molecular weight is 433 g/mol. The molecule has 2 heterocycles. The molecule has 1 unspecified atom stereocenters. The molecule has 0 aromatic heterocycles. The van der Waals surface area contributed by atoms with E-state index in [1.54, 1.807) is 30.8 Å². The van der Waals surface area contributed by atoms with Crippen LogP contribution < -0.4 is 5.32 Å². The van der Waals surface area contributed by atoms with Crippen LogP contribution in [0.2, 0.25) is 0 Å². The number of morpholine rings is 1. The lowest BCUT2D eigenvalue weighted by Gasteiger charge is -2.27. The number of hydrogen-bond donors (Lipinski definition) is 1. The fourth-order valence-corrected chi connectivity index (χ4v) is 6.46. The summed E-state index contributed by atoms with van der Waals surface area (Å²) in [5.41, 5.74) is 2.11. The minimum Gasteiger partial charge on any atom is -0.379 e. The first-order valence-corrected chi connectivity index (χ1v) is 12.1. The van der Waals surface area contributed by atoms with Gasteiger partial charge in [-0.1, -0.05) is 24.3 Å². The molecule has 4 rings (SSSR count). The minimum absolute atomic E-state index is 0.0689. The Morgan fingerprint density at radius 2 is 1.93 bits per heavy atom. The smallest absolute Gasteiger partial charge is 0.251 e. The summed E-state index contributed by atoms with van der Waals surface area (Å²) in [6, 6.07) is 12.9. The zero-order chi connectivity index (χ0) is 20.4. The molecule has 0 aliphatic carbocycles. The Bertz CT molecular complexity index is 1020. The van der Waals surface area contributed by atoms with Crippen LogP contribution in [0.5, 0.6) is 0 Å². The van der Waals surface area contributed by atoms with Gasteiger partial charge in [-0.2, -0.15) is 4.31 Å². The summed E-state index contributed by atoms with van der Waals surface area (Å²) in [5.74, 6) is 0.683. The lowest BCUT2D eigenvalue weighted by molar-refractivity contribution is 0.0730. The highest BCUT2D eigenvalue weighted by molar-refractivity contribution is 7.99. The summed E-state index contributed by atoms with van der Waals surface area (Å²) >= 11 is 1.79. The maximum Gasteiger partial charge on any atom is 0.251 e. The molecule has 1 amide bonds. The molecule has 1 saturated heterocycles. The first-order valence-electron chi connectivity index (χ1n) is 9.68. The average Bonchev–Trinajstić information content (AvgIpc) is 2.75. The molecule has 8 heteroatoms. The number of amides is 1. The van der Waals surface area contributed by atoms with E-state index < -0.39 is 10.0 Å². The number of fused-ring (bicyclic) bond motifs is 1. The van der Waals surface area contributed by atoms with Crippen LogP contribution in [0.15, 0.2) is 52.3 Å². The van der Waals surface area contributed by atoms with E-state index in [9.17, 15) is 13.2 Å². The van der Waals surface area contributed by atoms with Gasteiger partial charge < -0.3 is 10.1 Å².